The highest BCUT2D eigenvalue weighted by molar-refractivity contribution is 5.83. The molecule has 108 valence electrons. The number of ether oxygens (including phenoxy) is 1. The standard InChI is InChI=1S/C17H17FN2O/c1-21-17-6-5-12(9-15(17)18)11-20-8-7-14-13(10-19)3-2-4-16(14)20/h2-9H,10-11,19H2,1H3. The number of hydrogen-bond donors (Lipinski definition) is 1. The average molecular weight is 284 g/mol. The van der Waals surface area contributed by atoms with Crippen molar-refractivity contribution in [3.63, 3.8) is 0 Å². The summed E-state index contributed by atoms with van der Waals surface area (Å²) < 4.78 is 20.8. The molecule has 2 aromatic carbocycles. The molecule has 0 radical (unpaired) electrons. The molecule has 0 bridgehead atoms. The van der Waals surface area contributed by atoms with Gasteiger partial charge in [0.1, 0.15) is 0 Å². The third-order valence-electron chi connectivity index (χ3n) is 3.69. The van der Waals surface area contributed by atoms with E-state index in [-0.39, 0.29) is 11.6 Å². The van der Waals surface area contributed by atoms with Gasteiger partial charge in [-0.15, -0.1) is 0 Å². The number of nitrogens with zero attached hydrogens (tertiary/aromatic N) is 1. The molecule has 0 spiro atoms. The minimum absolute atomic E-state index is 0.265. The van der Waals surface area contributed by atoms with E-state index in [0.29, 0.717) is 13.1 Å². The third-order valence-corrected chi connectivity index (χ3v) is 3.69. The Bertz CT molecular complexity index is 780. The zero-order valence-electron chi connectivity index (χ0n) is 11.8. The van der Waals surface area contributed by atoms with Crippen molar-refractivity contribution in [3.05, 3.63) is 65.6 Å². The van der Waals surface area contributed by atoms with E-state index in [1.165, 1.54) is 13.2 Å². The molecular formula is C17H17FN2O. The van der Waals surface area contributed by atoms with Crippen molar-refractivity contribution in [2.24, 2.45) is 5.73 Å². The normalized spacial score (nSPS) is 11.0. The highest BCUT2D eigenvalue weighted by atomic mass is 19.1. The summed E-state index contributed by atoms with van der Waals surface area (Å²) in [6.45, 7) is 1.12. The van der Waals surface area contributed by atoms with Crippen LogP contribution < -0.4 is 10.5 Å². The first-order valence-electron chi connectivity index (χ1n) is 6.82. The van der Waals surface area contributed by atoms with E-state index in [9.17, 15) is 4.39 Å². The Morgan fingerprint density at radius 3 is 2.76 bits per heavy atom. The highest BCUT2D eigenvalue weighted by Gasteiger charge is 2.07. The monoisotopic (exact) mass is 284 g/mol. The molecule has 0 aliphatic rings. The van der Waals surface area contributed by atoms with Crippen molar-refractivity contribution in [1.29, 1.82) is 0 Å². The van der Waals surface area contributed by atoms with Crippen LogP contribution in [0.15, 0.2) is 48.7 Å². The Morgan fingerprint density at radius 1 is 1.19 bits per heavy atom. The summed E-state index contributed by atoms with van der Waals surface area (Å²) in [5, 5.41) is 1.15. The van der Waals surface area contributed by atoms with Gasteiger partial charge < -0.3 is 15.0 Å². The van der Waals surface area contributed by atoms with Crippen molar-refractivity contribution in [1.82, 2.24) is 4.57 Å². The van der Waals surface area contributed by atoms with E-state index >= 15 is 0 Å². The molecule has 0 atom stereocenters. The van der Waals surface area contributed by atoms with Crippen LogP contribution in [0, 0.1) is 5.82 Å². The number of hydrogen-bond acceptors (Lipinski definition) is 2. The van der Waals surface area contributed by atoms with Crippen LogP contribution in [0.5, 0.6) is 5.75 Å². The van der Waals surface area contributed by atoms with Gasteiger partial charge in [-0.25, -0.2) is 4.39 Å². The Hall–Kier alpha value is -2.33. The molecule has 0 aliphatic heterocycles. The van der Waals surface area contributed by atoms with Gasteiger partial charge in [-0.3, -0.25) is 0 Å². The minimum Gasteiger partial charge on any atom is -0.494 e. The molecule has 3 nitrogen and oxygen atoms in total. The van der Waals surface area contributed by atoms with Gasteiger partial charge in [0.25, 0.3) is 0 Å². The van der Waals surface area contributed by atoms with E-state index in [2.05, 4.69) is 10.6 Å². The van der Waals surface area contributed by atoms with E-state index in [1.54, 1.807) is 6.07 Å². The second kappa shape index (κ2) is 5.58. The van der Waals surface area contributed by atoms with Crippen molar-refractivity contribution >= 4 is 10.9 Å². The quantitative estimate of drug-likeness (QED) is 0.798. The van der Waals surface area contributed by atoms with Gasteiger partial charge in [0.2, 0.25) is 0 Å². The summed E-state index contributed by atoms with van der Waals surface area (Å²) in [5.41, 5.74) is 8.87. The fourth-order valence-electron chi connectivity index (χ4n) is 2.61. The minimum atomic E-state index is -0.339. The highest BCUT2D eigenvalue weighted by Crippen LogP contribution is 2.23. The molecule has 0 unspecified atom stereocenters. The van der Waals surface area contributed by atoms with Crippen LogP contribution in [0.1, 0.15) is 11.1 Å². The molecule has 0 aliphatic carbocycles. The Labute approximate surface area is 122 Å². The Morgan fingerprint density at radius 2 is 2.05 bits per heavy atom. The zero-order chi connectivity index (χ0) is 14.8. The van der Waals surface area contributed by atoms with Crippen LogP contribution in [0.3, 0.4) is 0 Å². The summed E-state index contributed by atoms with van der Waals surface area (Å²) in [6, 6.07) is 13.2. The van der Waals surface area contributed by atoms with Crippen LogP contribution >= 0.6 is 0 Å². The maximum atomic E-state index is 13.8. The van der Waals surface area contributed by atoms with Crippen LogP contribution in [-0.2, 0) is 13.1 Å². The number of rotatable bonds is 4. The molecule has 3 rings (SSSR count). The van der Waals surface area contributed by atoms with E-state index in [0.717, 1.165) is 22.0 Å². The predicted molar refractivity (Wildman–Crippen MR) is 81.9 cm³/mol. The van der Waals surface area contributed by atoms with Crippen LogP contribution in [-0.4, -0.2) is 11.7 Å². The van der Waals surface area contributed by atoms with Crippen molar-refractivity contribution < 1.29 is 9.13 Å². The second-order valence-corrected chi connectivity index (χ2v) is 4.97. The van der Waals surface area contributed by atoms with Crippen LogP contribution in [0.25, 0.3) is 10.9 Å². The lowest BCUT2D eigenvalue weighted by molar-refractivity contribution is 0.386. The molecule has 4 heteroatoms. The largest absolute Gasteiger partial charge is 0.494 e. The van der Waals surface area contributed by atoms with E-state index in [4.69, 9.17) is 10.5 Å². The molecule has 1 heterocycles. The maximum Gasteiger partial charge on any atom is 0.165 e. The first kappa shape index (κ1) is 13.6. The van der Waals surface area contributed by atoms with Crippen LogP contribution in [0.2, 0.25) is 0 Å². The number of nitrogens with two attached hydrogens (primary N) is 1. The van der Waals surface area contributed by atoms with Crippen molar-refractivity contribution in [3.8, 4) is 5.75 Å². The summed E-state index contributed by atoms with van der Waals surface area (Å²) in [5.74, 6) is -0.0735. The zero-order valence-corrected chi connectivity index (χ0v) is 11.8. The smallest absolute Gasteiger partial charge is 0.165 e. The fourth-order valence-corrected chi connectivity index (χ4v) is 2.61. The van der Waals surface area contributed by atoms with Crippen LogP contribution in [0.4, 0.5) is 4.39 Å². The molecule has 1 aromatic heterocycles. The number of aromatic nitrogens is 1. The van der Waals surface area contributed by atoms with Crippen molar-refractivity contribution in [2.45, 2.75) is 13.1 Å². The molecule has 0 amide bonds. The first-order chi connectivity index (χ1) is 10.2. The number of fused-ring (bicyclic) bond motifs is 1. The van der Waals surface area contributed by atoms with E-state index in [1.807, 2.05) is 30.5 Å². The van der Waals surface area contributed by atoms with Gasteiger partial charge in [0, 0.05) is 30.2 Å². The number of methoxy groups -OCH3 is 1. The summed E-state index contributed by atoms with van der Waals surface area (Å²) in [7, 11) is 1.46. The molecular weight excluding hydrogens is 267 g/mol. The average Bonchev–Trinajstić information content (AvgIpc) is 2.91. The van der Waals surface area contributed by atoms with Gasteiger partial charge in [-0.05, 0) is 35.4 Å². The Balaban J connectivity index is 1.97. The summed E-state index contributed by atoms with van der Waals surface area (Å²) in [4.78, 5) is 0. The van der Waals surface area contributed by atoms with Gasteiger partial charge in [-0.2, -0.15) is 0 Å². The molecule has 0 saturated heterocycles. The lowest BCUT2D eigenvalue weighted by Gasteiger charge is -2.08. The summed E-state index contributed by atoms with van der Waals surface area (Å²) >= 11 is 0. The van der Waals surface area contributed by atoms with E-state index < -0.39 is 0 Å². The number of benzene rings is 2. The lowest BCUT2D eigenvalue weighted by atomic mass is 10.1. The second-order valence-electron chi connectivity index (χ2n) is 4.97. The third kappa shape index (κ3) is 2.50. The van der Waals surface area contributed by atoms with Gasteiger partial charge in [0.15, 0.2) is 11.6 Å². The molecule has 0 saturated carbocycles. The molecule has 3 aromatic rings. The topological polar surface area (TPSA) is 40.2 Å². The molecule has 0 fully saturated rings. The molecule has 2 N–H and O–H groups in total. The van der Waals surface area contributed by atoms with Crippen molar-refractivity contribution in [2.75, 3.05) is 7.11 Å². The van der Waals surface area contributed by atoms with Gasteiger partial charge in [-0.1, -0.05) is 18.2 Å². The SMILES string of the molecule is COc1ccc(Cn2ccc3c(CN)cccc32)cc1F. The van der Waals surface area contributed by atoms with Gasteiger partial charge in [0.05, 0.1) is 7.11 Å². The summed E-state index contributed by atoms with van der Waals surface area (Å²) in [6.07, 6.45) is 2.01. The Kier molecular flexibility index (Phi) is 3.62. The predicted octanol–water partition coefficient (Wildman–Crippen LogP) is 3.30. The van der Waals surface area contributed by atoms with Gasteiger partial charge >= 0.3 is 0 Å². The fraction of sp³-hybridized carbons (Fsp3) is 0.176. The lowest BCUT2D eigenvalue weighted by Crippen LogP contribution is -2.00. The number of halogens is 1. The maximum absolute atomic E-state index is 13.8. The molecule has 21 heavy (non-hydrogen) atoms. The first-order valence-corrected chi connectivity index (χ1v) is 6.82.